The molecule has 21 heavy (non-hydrogen) atoms. The first-order valence-corrected chi connectivity index (χ1v) is 8.30. The van der Waals surface area contributed by atoms with Gasteiger partial charge in [0.05, 0.1) is 21.7 Å². The van der Waals surface area contributed by atoms with Gasteiger partial charge in [0.2, 0.25) is 0 Å². The van der Waals surface area contributed by atoms with Crippen molar-refractivity contribution < 1.29 is 0 Å². The van der Waals surface area contributed by atoms with E-state index in [1.807, 2.05) is 24.3 Å². The molecule has 2 nitrogen and oxygen atoms in total. The van der Waals surface area contributed by atoms with E-state index in [1.165, 1.54) is 0 Å². The van der Waals surface area contributed by atoms with Crippen LogP contribution in [0.2, 0.25) is 5.02 Å². The number of benzene rings is 2. The van der Waals surface area contributed by atoms with Crippen molar-refractivity contribution in [2.45, 2.75) is 13.3 Å². The highest BCUT2D eigenvalue weighted by atomic mass is 79.9. The maximum atomic E-state index is 6.44. The molecule has 108 valence electrons. The summed E-state index contributed by atoms with van der Waals surface area (Å²) < 4.78 is 3.12. The Hall–Kier alpha value is -1.03. The first-order valence-electron chi connectivity index (χ1n) is 6.60. The molecule has 0 amide bonds. The van der Waals surface area contributed by atoms with Crippen molar-refractivity contribution in [2.75, 3.05) is 5.88 Å². The molecule has 0 saturated carbocycles. The Bertz CT molecular complexity index is 791. The van der Waals surface area contributed by atoms with Crippen molar-refractivity contribution >= 4 is 50.2 Å². The number of nitrogens with zero attached hydrogens (tertiary/aromatic N) is 2. The van der Waals surface area contributed by atoms with Crippen molar-refractivity contribution in [1.82, 2.24) is 9.55 Å². The second-order valence-corrected chi connectivity index (χ2v) is 6.54. The van der Waals surface area contributed by atoms with Gasteiger partial charge in [0.1, 0.15) is 5.82 Å². The summed E-state index contributed by atoms with van der Waals surface area (Å²) in [6.45, 7) is 2.05. The third-order valence-corrected chi connectivity index (χ3v) is 4.40. The average molecular weight is 384 g/mol. The van der Waals surface area contributed by atoms with Crippen LogP contribution in [0.5, 0.6) is 0 Å². The van der Waals surface area contributed by atoms with E-state index in [0.29, 0.717) is 17.3 Å². The minimum absolute atomic E-state index is 0.522. The van der Waals surface area contributed by atoms with Gasteiger partial charge in [0, 0.05) is 16.8 Å². The van der Waals surface area contributed by atoms with E-state index in [4.69, 9.17) is 28.2 Å². The lowest BCUT2D eigenvalue weighted by molar-refractivity contribution is 0.907. The van der Waals surface area contributed by atoms with E-state index in [-0.39, 0.29) is 0 Å². The zero-order chi connectivity index (χ0) is 15.0. The largest absolute Gasteiger partial charge is 0.294 e. The molecule has 2 aromatic carbocycles. The molecule has 0 spiro atoms. The first kappa shape index (κ1) is 14.9. The second-order valence-electron chi connectivity index (χ2n) is 4.84. The van der Waals surface area contributed by atoms with Gasteiger partial charge in [-0.25, -0.2) is 4.98 Å². The Kier molecular flexibility index (Phi) is 4.25. The number of para-hydroxylation sites is 1. The molecule has 0 radical (unpaired) electrons. The Morgan fingerprint density at radius 1 is 1.24 bits per heavy atom. The molecule has 0 aliphatic rings. The van der Waals surface area contributed by atoms with Crippen molar-refractivity contribution in [1.29, 1.82) is 0 Å². The number of rotatable bonds is 3. The third kappa shape index (κ3) is 2.70. The molecule has 1 heterocycles. The maximum Gasteiger partial charge on any atom is 0.115 e. The fourth-order valence-electron chi connectivity index (χ4n) is 2.51. The van der Waals surface area contributed by atoms with Gasteiger partial charge in [0.25, 0.3) is 0 Å². The van der Waals surface area contributed by atoms with E-state index < -0.39 is 0 Å². The predicted octanol–water partition coefficient (Wildman–Crippen LogP) is 5.53. The highest BCUT2D eigenvalue weighted by Gasteiger charge is 2.16. The molecule has 1 aromatic heterocycles. The van der Waals surface area contributed by atoms with Gasteiger partial charge in [-0.3, -0.25) is 4.57 Å². The molecule has 0 fully saturated rings. The van der Waals surface area contributed by atoms with Crippen molar-refractivity contribution in [3.63, 3.8) is 0 Å². The van der Waals surface area contributed by atoms with Crippen LogP contribution in [0.3, 0.4) is 0 Å². The predicted molar refractivity (Wildman–Crippen MR) is 92.9 cm³/mol. The standard InChI is InChI=1S/C16H13BrCl2N2/c1-10-3-2-4-12(19)16(10)21-14-9-11(17)5-6-13(14)20-15(21)7-8-18/h2-6,9H,7-8H2,1H3. The minimum atomic E-state index is 0.522. The number of aromatic nitrogens is 2. The van der Waals surface area contributed by atoms with Crippen molar-refractivity contribution in [2.24, 2.45) is 0 Å². The zero-order valence-corrected chi connectivity index (χ0v) is 14.5. The number of hydrogen-bond donors (Lipinski definition) is 0. The number of aryl methyl sites for hydroxylation is 2. The molecule has 0 aliphatic heterocycles. The quantitative estimate of drug-likeness (QED) is 0.543. The first-order chi connectivity index (χ1) is 10.1. The number of fused-ring (bicyclic) bond motifs is 1. The number of halogens is 3. The molecule has 0 bridgehead atoms. The topological polar surface area (TPSA) is 17.8 Å². The Morgan fingerprint density at radius 3 is 2.76 bits per heavy atom. The zero-order valence-electron chi connectivity index (χ0n) is 11.4. The van der Waals surface area contributed by atoms with Crippen molar-refractivity contribution in [3.8, 4) is 5.69 Å². The van der Waals surface area contributed by atoms with Gasteiger partial charge in [0.15, 0.2) is 0 Å². The van der Waals surface area contributed by atoms with Crippen LogP contribution in [0.25, 0.3) is 16.7 Å². The van der Waals surface area contributed by atoms with Crippen molar-refractivity contribution in [3.05, 3.63) is 57.3 Å². The molecule has 0 N–H and O–H groups in total. The van der Waals surface area contributed by atoms with E-state index in [1.54, 1.807) is 0 Å². The number of alkyl halides is 1. The highest BCUT2D eigenvalue weighted by Crippen LogP contribution is 2.31. The molecule has 0 unspecified atom stereocenters. The van der Waals surface area contributed by atoms with Crippen LogP contribution in [-0.2, 0) is 6.42 Å². The van der Waals surface area contributed by atoms with Gasteiger partial charge in [-0.2, -0.15) is 0 Å². The highest BCUT2D eigenvalue weighted by molar-refractivity contribution is 9.10. The maximum absolute atomic E-state index is 6.44. The molecule has 5 heteroatoms. The molecule has 0 atom stereocenters. The molecule has 0 aliphatic carbocycles. The monoisotopic (exact) mass is 382 g/mol. The molecule has 3 rings (SSSR count). The lowest BCUT2D eigenvalue weighted by atomic mass is 10.2. The smallest absolute Gasteiger partial charge is 0.115 e. The van der Waals surface area contributed by atoms with Crippen LogP contribution in [0.4, 0.5) is 0 Å². The average Bonchev–Trinajstić information content (AvgIpc) is 2.77. The minimum Gasteiger partial charge on any atom is -0.294 e. The summed E-state index contributed by atoms with van der Waals surface area (Å²) in [4.78, 5) is 4.70. The van der Waals surface area contributed by atoms with Crippen LogP contribution in [0.1, 0.15) is 11.4 Å². The van der Waals surface area contributed by atoms with E-state index in [0.717, 1.165) is 32.6 Å². The van der Waals surface area contributed by atoms with E-state index in [2.05, 4.69) is 39.6 Å². The molecule has 0 saturated heterocycles. The Morgan fingerprint density at radius 2 is 2.05 bits per heavy atom. The Balaban J connectivity index is 2.38. The summed E-state index contributed by atoms with van der Waals surface area (Å²) >= 11 is 15.9. The molecular formula is C16H13BrCl2N2. The summed E-state index contributed by atoms with van der Waals surface area (Å²) in [6, 6.07) is 12.0. The van der Waals surface area contributed by atoms with Crippen LogP contribution in [0.15, 0.2) is 40.9 Å². The number of hydrogen-bond acceptors (Lipinski definition) is 1. The molecule has 3 aromatic rings. The normalized spacial score (nSPS) is 11.2. The van der Waals surface area contributed by atoms with Gasteiger partial charge in [-0.1, -0.05) is 39.7 Å². The summed E-state index contributed by atoms with van der Waals surface area (Å²) in [5, 5.41) is 0.713. The van der Waals surface area contributed by atoms with E-state index >= 15 is 0 Å². The number of imidazole rings is 1. The summed E-state index contributed by atoms with van der Waals surface area (Å²) in [7, 11) is 0. The third-order valence-electron chi connectivity index (χ3n) is 3.42. The fourth-order valence-corrected chi connectivity index (χ4v) is 3.33. The van der Waals surface area contributed by atoms with Gasteiger partial charge in [-0.15, -0.1) is 11.6 Å². The fraction of sp³-hybridized carbons (Fsp3) is 0.188. The van der Waals surface area contributed by atoms with E-state index in [9.17, 15) is 0 Å². The lowest BCUT2D eigenvalue weighted by Crippen LogP contribution is -2.04. The van der Waals surface area contributed by atoms with Gasteiger partial charge in [-0.05, 0) is 36.8 Å². The summed E-state index contributed by atoms with van der Waals surface area (Å²) in [6.07, 6.45) is 0.693. The lowest BCUT2D eigenvalue weighted by Gasteiger charge is -2.13. The van der Waals surface area contributed by atoms with Crippen LogP contribution in [-0.4, -0.2) is 15.4 Å². The van der Waals surface area contributed by atoms with Crippen LogP contribution >= 0.6 is 39.1 Å². The van der Waals surface area contributed by atoms with Gasteiger partial charge >= 0.3 is 0 Å². The summed E-state index contributed by atoms with van der Waals surface area (Å²) in [5.41, 5.74) is 4.05. The summed E-state index contributed by atoms with van der Waals surface area (Å²) in [5.74, 6) is 1.45. The SMILES string of the molecule is Cc1cccc(Cl)c1-n1c(CCCl)nc2ccc(Br)cc21. The molecular weight excluding hydrogens is 371 g/mol. The Labute approximate surface area is 141 Å². The van der Waals surface area contributed by atoms with Crippen LogP contribution in [0, 0.1) is 6.92 Å². The van der Waals surface area contributed by atoms with Gasteiger partial charge < -0.3 is 0 Å². The second kappa shape index (κ2) is 5.99. The van der Waals surface area contributed by atoms with Crippen LogP contribution < -0.4 is 0 Å².